The molecule has 3 rings (SSSR count). The van der Waals surface area contributed by atoms with Gasteiger partial charge in [0.15, 0.2) is 5.69 Å². The maximum absolute atomic E-state index is 12.6. The highest BCUT2D eigenvalue weighted by molar-refractivity contribution is 7.09. The first-order valence-electron chi connectivity index (χ1n) is 7.86. The molecule has 0 saturated carbocycles. The number of rotatable bonds is 4. The van der Waals surface area contributed by atoms with Gasteiger partial charge in [-0.25, -0.2) is 13.8 Å². The van der Waals surface area contributed by atoms with E-state index in [4.69, 9.17) is 0 Å². The van der Waals surface area contributed by atoms with Crippen molar-refractivity contribution < 1.29 is 26.7 Å². The quantitative estimate of drug-likeness (QED) is 0.743. The van der Waals surface area contributed by atoms with Gasteiger partial charge >= 0.3 is 6.18 Å². The summed E-state index contributed by atoms with van der Waals surface area (Å²) in [5.41, 5.74) is -1.27. The minimum Gasteiger partial charge on any atom is -0.341 e. The highest BCUT2D eigenvalue weighted by Gasteiger charge is 2.35. The van der Waals surface area contributed by atoms with E-state index in [2.05, 4.69) is 10.1 Å². The largest absolute Gasteiger partial charge is 0.434 e. The van der Waals surface area contributed by atoms with Gasteiger partial charge in [-0.2, -0.15) is 18.3 Å². The van der Waals surface area contributed by atoms with E-state index in [-0.39, 0.29) is 24.1 Å². The molecule has 1 aliphatic heterocycles. The summed E-state index contributed by atoms with van der Waals surface area (Å²) in [7, 11) is 0. The number of carbonyl (C=O) groups excluding carboxylic acids is 1. The smallest absolute Gasteiger partial charge is 0.341 e. The molecular formula is C15H15F5N4OS. The average molecular weight is 394 g/mol. The molecule has 0 N–H and O–H groups in total. The zero-order valence-corrected chi connectivity index (χ0v) is 14.2. The topological polar surface area (TPSA) is 51.0 Å². The summed E-state index contributed by atoms with van der Waals surface area (Å²) >= 11 is 0.981. The third-order valence-electron chi connectivity index (χ3n) is 4.19. The van der Waals surface area contributed by atoms with E-state index in [1.165, 1.54) is 6.20 Å². The molecule has 1 saturated heterocycles. The van der Waals surface area contributed by atoms with Gasteiger partial charge in [0.1, 0.15) is 12.2 Å². The molecule has 0 spiro atoms. The molecule has 0 unspecified atom stereocenters. The number of thiazole rings is 1. The van der Waals surface area contributed by atoms with E-state index in [1.54, 1.807) is 4.90 Å². The fourth-order valence-corrected chi connectivity index (χ4v) is 3.80. The van der Waals surface area contributed by atoms with Crippen LogP contribution in [0.25, 0.3) is 0 Å². The average Bonchev–Trinajstić information content (AvgIpc) is 3.24. The normalized spacial score (nSPS) is 16.5. The summed E-state index contributed by atoms with van der Waals surface area (Å²) in [6, 6.07) is 1.16. The molecule has 0 atom stereocenters. The molecular weight excluding hydrogens is 379 g/mol. The molecule has 2 aromatic heterocycles. The molecule has 1 aliphatic rings. The molecule has 1 amide bonds. The highest BCUT2D eigenvalue weighted by atomic mass is 32.1. The van der Waals surface area contributed by atoms with E-state index in [0.717, 1.165) is 27.5 Å². The van der Waals surface area contributed by atoms with Gasteiger partial charge in [0.25, 0.3) is 6.43 Å². The number of likely N-dealkylation sites (tertiary alicyclic amines) is 1. The summed E-state index contributed by atoms with van der Waals surface area (Å²) < 4.78 is 64.1. The second-order valence-electron chi connectivity index (χ2n) is 5.96. The van der Waals surface area contributed by atoms with E-state index >= 15 is 0 Å². The molecule has 2 aromatic rings. The number of nitrogens with zero attached hydrogens (tertiary/aromatic N) is 4. The molecule has 0 radical (unpaired) electrons. The lowest BCUT2D eigenvalue weighted by Crippen LogP contribution is -2.39. The van der Waals surface area contributed by atoms with Gasteiger partial charge in [-0.05, 0) is 18.9 Å². The van der Waals surface area contributed by atoms with Crippen LogP contribution in [0.15, 0.2) is 17.6 Å². The van der Waals surface area contributed by atoms with Crippen molar-refractivity contribution in [3.8, 4) is 0 Å². The molecule has 0 aromatic carbocycles. The Bertz CT molecular complexity index is 764. The molecule has 3 heterocycles. The van der Waals surface area contributed by atoms with Crippen molar-refractivity contribution in [1.29, 1.82) is 0 Å². The van der Waals surface area contributed by atoms with Crippen molar-refractivity contribution in [3.63, 3.8) is 0 Å². The minimum atomic E-state index is -4.45. The number of halogens is 5. The van der Waals surface area contributed by atoms with Crippen molar-refractivity contribution in [2.45, 2.75) is 37.9 Å². The first-order chi connectivity index (χ1) is 12.2. The highest BCUT2D eigenvalue weighted by Crippen LogP contribution is 2.35. The van der Waals surface area contributed by atoms with Gasteiger partial charge < -0.3 is 4.90 Å². The molecule has 1 fully saturated rings. The van der Waals surface area contributed by atoms with Gasteiger partial charge in [0.05, 0.1) is 5.01 Å². The number of alkyl halides is 5. The van der Waals surface area contributed by atoms with E-state index in [0.29, 0.717) is 30.9 Å². The van der Waals surface area contributed by atoms with Gasteiger partial charge in [0.2, 0.25) is 5.91 Å². The van der Waals surface area contributed by atoms with Crippen LogP contribution in [0, 0.1) is 0 Å². The first kappa shape index (κ1) is 18.7. The monoisotopic (exact) mass is 394 g/mol. The summed E-state index contributed by atoms with van der Waals surface area (Å²) in [4.78, 5) is 17.5. The number of hydrogen-bond donors (Lipinski definition) is 0. The second kappa shape index (κ2) is 7.29. The summed E-state index contributed by atoms with van der Waals surface area (Å²) in [5, 5.41) is 5.07. The van der Waals surface area contributed by atoms with Gasteiger partial charge in [-0.3, -0.25) is 9.48 Å². The second-order valence-corrected chi connectivity index (χ2v) is 6.85. The Morgan fingerprint density at radius 2 is 2.00 bits per heavy atom. The van der Waals surface area contributed by atoms with Crippen molar-refractivity contribution in [3.05, 3.63) is 34.0 Å². The molecule has 5 nitrogen and oxygen atoms in total. The van der Waals surface area contributed by atoms with Crippen LogP contribution >= 0.6 is 11.3 Å². The van der Waals surface area contributed by atoms with Crippen LogP contribution < -0.4 is 0 Å². The molecule has 11 heteroatoms. The predicted molar refractivity (Wildman–Crippen MR) is 82.9 cm³/mol. The van der Waals surface area contributed by atoms with Crippen LogP contribution in [0.5, 0.6) is 0 Å². The van der Waals surface area contributed by atoms with Crippen molar-refractivity contribution in [1.82, 2.24) is 19.7 Å². The van der Waals surface area contributed by atoms with Crippen molar-refractivity contribution >= 4 is 17.2 Å². The van der Waals surface area contributed by atoms with Crippen molar-refractivity contribution in [2.24, 2.45) is 0 Å². The Morgan fingerprint density at radius 3 is 2.54 bits per heavy atom. The standard InChI is InChI=1S/C15H15F5N4OS/c16-13(17)10-3-6-24(22-10)7-12(25)23-4-1-9(2-5-23)14-21-11(8-26-14)15(18,19)20/h3,6,8-9,13H,1-2,4-5,7H2. The number of amides is 1. The van der Waals surface area contributed by atoms with Crippen LogP contribution in [-0.4, -0.2) is 38.7 Å². The third-order valence-corrected chi connectivity index (χ3v) is 5.20. The van der Waals surface area contributed by atoms with Crippen LogP contribution in [-0.2, 0) is 17.5 Å². The Balaban J connectivity index is 1.54. The molecule has 26 heavy (non-hydrogen) atoms. The van der Waals surface area contributed by atoms with Gasteiger partial charge in [-0.1, -0.05) is 0 Å². The van der Waals surface area contributed by atoms with E-state index in [9.17, 15) is 26.7 Å². The number of aromatic nitrogens is 3. The summed E-state index contributed by atoms with van der Waals surface area (Å²) in [5.74, 6) is -0.377. The summed E-state index contributed by atoms with van der Waals surface area (Å²) in [6.45, 7) is 0.619. The van der Waals surface area contributed by atoms with E-state index in [1.807, 2.05) is 0 Å². The van der Waals surface area contributed by atoms with Gasteiger partial charge in [0, 0.05) is 30.6 Å². The minimum absolute atomic E-state index is 0.115. The van der Waals surface area contributed by atoms with Crippen LogP contribution in [0.1, 0.15) is 41.6 Å². The predicted octanol–water partition coefficient (Wildman–Crippen LogP) is 3.70. The number of hydrogen-bond acceptors (Lipinski definition) is 4. The summed E-state index contributed by atoms with van der Waals surface area (Å²) in [6.07, 6.45) is -4.80. The van der Waals surface area contributed by atoms with Crippen LogP contribution in [0.2, 0.25) is 0 Å². The molecule has 0 aliphatic carbocycles. The lowest BCUT2D eigenvalue weighted by molar-refractivity contribution is -0.140. The SMILES string of the molecule is O=C(Cn1ccc(C(F)F)n1)N1CCC(c2nc(C(F)(F)F)cs2)CC1. The van der Waals surface area contributed by atoms with Gasteiger partial charge in [-0.15, -0.1) is 11.3 Å². The lowest BCUT2D eigenvalue weighted by Gasteiger charge is -2.31. The van der Waals surface area contributed by atoms with Crippen LogP contribution in [0.4, 0.5) is 22.0 Å². The fourth-order valence-electron chi connectivity index (χ4n) is 2.80. The maximum atomic E-state index is 12.6. The zero-order valence-electron chi connectivity index (χ0n) is 13.4. The Hall–Kier alpha value is -2.04. The number of carbonyl (C=O) groups is 1. The Labute approximate surface area is 149 Å². The number of piperidine rings is 1. The van der Waals surface area contributed by atoms with Crippen LogP contribution in [0.3, 0.4) is 0 Å². The third kappa shape index (κ3) is 4.19. The van der Waals surface area contributed by atoms with Crippen molar-refractivity contribution in [2.75, 3.05) is 13.1 Å². The first-order valence-corrected chi connectivity index (χ1v) is 8.74. The Morgan fingerprint density at radius 1 is 1.31 bits per heavy atom. The lowest BCUT2D eigenvalue weighted by atomic mass is 9.97. The fraction of sp³-hybridized carbons (Fsp3) is 0.533. The van der Waals surface area contributed by atoms with E-state index < -0.39 is 18.3 Å². The molecule has 142 valence electrons. The molecule has 0 bridgehead atoms. The maximum Gasteiger partial charge on any atom is 0.434 e. The zero-order chi connectivity index (χ0) is 18.9. The Kier molecular flexibility index (Phi) is 5.26.